The summed E-state index contributed by atoms with van der Waals surface area (Å²) in [5.74, 6) is 1.20. The van der Waals surface area contributed by atoms with Crippen LogP contribution in [0.3, 0.4) is 0 Å². The van der Waals surface area contributed by atoms with Crippen molar-refractivity contribution < 1.29 is 4.74 Å². The van der Waals surface area contributed by atoms with E-state index >= 15 is 0 Å². The molecule has 0 aliphatic carbocycles. The van der Waals surface area contributed by atoms with E-state index in [2.05, 4.69) is 10.3 Å². The van der Waals surface area contributed by atoms with Crippen LogP contribution < -0.4 is 15.5 Å². The summed E-state index contributed by atoms with van der Waals surface area (Å²) < 4.78 is 7.48. The molecule has 1 N–H and O–H groups in total. The van der Waals surface area contributed by atoms with Gasteiger partial charge in [0, 0.05) is 23.6 Å². The molecule has 0 aliphatic heterocycles. The van der Waals surface area contributed by atoms with E-state index in [0.717, 1.165) is 11.4 Å². The Kier molecular flexibility index (Phi) is 4.11. The Morgan fingerprint density at radius 1 is 0.962 bits per heavy atom. The van der Waals surface area contributed by atoms with Gasteiger partial charge in [-0.25, -0.2) is 0 Å². The fraction of sp³-hybridized carbons (Fsp3) is 0.0476. The molecule has 26 heavy (non-hydrogen) atoms. The van der Waals surface area contributed by atoms with E-state index in [-0.39, 0.29) is 5.43 Å². The lowest BCUT2D eigenvalue weighted by Gasteiger charge is -2.19. The number of benzene rings is 2. The predicted molar refractivity (Wildman–Crippen MR) is 104 cm³/mol. The molecule has 5 heteroatoms. The minimum absolute atomic E-state index is 0.114. The summed E-state index contributed by atoms with van der Waals surface area (Å²) >= 11 is 0. The van der Waals surface area contributed by atoms with E-state index in [0.29, 0.717) is 22.5 Å². The Balaban J connectivity index is 2.06. The summed E-state index contributed by atoms with van der Waals surface area (Å²) in [5.41, 5.74) is 2.38. The number of rotatable bonds is 4. The van der Waals surface area contributed by atoms with Crippen molar-refractivity contribution in [2.24, 2.45) is 0 Å². The fourth-order valence-electron chi connectivity index (χ4n) is 2.99. The fourth-order valence-corrected chi connectivity index (χ4v) is 2.99. The Morgan fingerprint density at radius 3 is 2.35 bits per heavy atom. The van der Waals surface area contributed by atoms with E-state index in [9.17, 15) is 4.79 Å². The third kappa shape index (κ3) is 2.80. The highest BCUT2D eigenvalue weighted by atomic mass is 16.5. The second-order valence-electron chi connectivity index (χ2n) is 5.79. The molecule has 0 fully saturated rings. The molecule has 4 aromatic rings. The number of nitrogens with one attached hydrogen (secondary N) is 1. The first-order valence-corrected chi connectivity index (χ1v) is 8.23. The molecule has 0 bridgehead atoms. The van der Waals surface area contributed by atoms with Gasteiger partial charge in [0.2, 0.25) is 0 Å². The van der Waals surface area contributed by atoms with Crippen LogP contribution in [0.5, 0.6) is 5.75 Å². The first-order valence-electron chi connectivity index (χ1n) is 8.23. The highest BCUT2D eigenvalue weighted by Gasteiger charge is 2.15. The van der Waals surface area contributed by atoms with Gasteiger partial charge in [0.25, 0.3) is 0 Å². The lowest BCUT2D eigenvalue weighted by Crippen LogP contribution is -2.13. The van der Waals surface area contributed by atoms with Crippen LogP contribution in [-0.4, -0.2) is 16.7 Å². The molecule has 5 nitrogen and oxygen atoms in total. The number of aromatic nitrogens is 2. The molecule has 0 spiro atoms. The first-order chi connectivity index (χ1) is 12.8. The lowest BCUT2D eigenvalue weighted by atomic mass is 10.2. The number of para-hydroxylation sites is 2. The van der Waals surface area contributed by atoms with Gasteiger partial charge >= 0.3 is 0 Å². The number of ether oxygens (including phenoxy) is 1. The summed E-state index contributed by atoms with van der Waals surface area (Å²) in [7, 11) is 1.58. The number of methoxy groups -OCH3 is 1. The van der Waals surface area contributed by atoms with Crippen molar-refractivity contribution in [2.45, 2.75) is 0 Å². The second-order valence-corrected chi connectivity index (χ2v) is 5.79. The Hall–Kier alpha value is -3.60. The minimum Gasteiger partial charge on any atom is -0.493 e. The van der Waals surface area contributed by atoms with Gasteiger partial charge in [0.05, 0.1) is 18.7 Å². The van der Waals surface area contributed by atoms with Crippen molar-refractivity contribution in [1.82, 2.24) is 9.55 Å². The maximum Gasteiger partial charge on any atom is 0.193 e. The Labute approximate surface area is 150 Å². The van der Waals surface area contributed by atoms with Crippen LogP contribution in [0.4, 0.5) is 11.5 Å². The first kappa shape index (κ1) is 15.9. The molecule has 2 heterocycles. The van der Waals surface area contributed by atoms with Gasteiger partial charge in [-0.3, -0.25) is 14.3 Å². The lowest BCUT2D eigenvalue weighted by molar-refractivity contribution is 0.416. The maximum atomic E-state index is 12.7. The zero-order valence-corrected chi connectivity index (χ0v) is 14.2. The zero-order chi connectivity index (χ0) is 17.9. The minimum atomic E-state index is -0.114. The van der Waals surface area contributed by atoms with Gasteiger partial charge in [-0.05, 0) is 24.3 Å². The van der Waals surface area contributed by atoms with Crippen molar-refractivity contribution in [3.63, 3.8) is 0 Å². The summed E-state index contributed by atoms with van der Waals surface area (Å²) in [6, 6.07) is 21.2. The highest BCUT2D eigenvalue weighted by Crippen LogP contribution is 2.30. The molecule has 0 unspecified atom stereocenters. The van der Waals surface area contributed by atoms with E-state index in [1.807, 2.05) is 65.2 Å². The van der Waals surface area contributed by atoms with Gasteiger partial charge in [0.1, 0.15) is 11.3 Å². The second kappa shape index (κ2) is 6.72. The van der Waals surface area contributed by atoms with E-state index < -0.39 is 0 Å². The Bertz CT molecular complexity index is 1110. The third-order valence-electron chi connectivity index (χ3n) is 4.16. The molecule has 0 aliphatic rings. The largest absolute Gasteiger partial charge is 0.493 e. The van der Waals surface area contributed by atoms with Crippen LogP contribution in [0.25, 0.3) is 16.6 Å². The highest BCUT2D eigenvalue weighted by molar-refractivity contribution is 5.88. The summed E-state index contributed by atoms with van der Waals surface area (Å²) in [4.78, 5) is 16.8. The van der Waals surface area contributed by atoms with E-state index in [1.54, 1.807) is 25.6 Å². The average Bonchev–Trinajstić information content (AvgIpc) is 2.69. The number of fused-ring (bicyclic) bond motifs is 1. The molecular formula is C21H17N3O2. The topological polar surface area (TPSA) is 56.1 Å². The van der Waals surface area contributed by atoms with Crippen molar-refractivity contribution in [3.05, 3.63) is 89.3 Å². The van der Waals surface area contributed by atoms with Crippen LogP contribution in [0.2, 0.25) is 0 Å². The van der Waals surface area contributed by atoms with Crippen molar-refractivity contribution in [3.8, 4) is 11.4 Å². The number of hydrogen-bond acceptors (Lipinski definition) is 4. The van der Waals surface area contributed by atoms with Gasteiger partial charge in [-0.1, -0.05) is 36.4 Å². The normalized spacial score (nSPS) is 10.7. The van der Waals surface area contributed by atoms with Gasteiger partial charge in [0.15, 0.2) is 11.2 Å². The number of hydrogen-bond donors (Lipinski definition) is 1. The monoisotopic (exact) mass is 343 g/mol. The molecule has 2 aromatic carbocycles. The van der Waals surface area contributed by atoms with Gasteiger partial charge in [-0.2, -0.15) is 0 Å². The molecule has 0 radical (unpaired) electrons. The molecular weight excluding hydrogens is 326 g/mol. The molecule has 128 valence electrons. The quantitative estimate of drug-likeness (QED) is 0.605. The molecule has 0 atom stereocenters. The third-order valence-corrected chi connectivity index (χ3v) is 4.16. The molecule has 2 aromatic heterocycles. The SMILES string of the molecule is COc1cncc2c(=O)cc(Nc3ccccc3)n(-c3ccccc3)c12. The van der Waals surface area contributed by atoms with Crippen LogP contribution in [-0.2, 0) is 0 Å². The summed E-state index contributed by atoms with van der Waals surface area (Å²) in [5, 5.41) is 3.85. The number of nitrogens with zero attached hydrogens (tertiary/aromatic N) is 2. The average molecular weight is 343 g/mol. The number of pyridine rings is 2. The van der Waals surface area contributed by atoms with Crippen molar-refractivity contribution in [1.29, 1.82) is 0 Å². The molecule has 0 saturated heterocycles. The van der Waals surface area contributed by atoms with Crippen LogP contribution in [0.1, 0.15) is 0 Å². The summed E-state index contributed by atoms with van der Waals surface area (Å²) in [6.45, 7) is 0. The van der Waals surface area contributed by atoms with E-state index in [1.165, 1.54) is 0 Å². The summed E-state index contributed by atoms with van der Waals surface area (Å²) in [6.07, 6.45) is 3.19. The van der Waals surface area contributed by atoms with Crippen LogP contribution >= 0.6 is 0 Å². The van der Waals surface area contributed by atoms with Gasteiger partial charge < -0.3 is 10.1 Å². The predicted octanol–water partition coefficient (Wildman–Crippen LogP) is 4.14. The van der Waals surface area contributed by atoms with Crippen LogP contribution in [0.15, 0.2) is 83.9 Å². The zero-order valence-electron chi connectivity index (χ0n) is 14.2. The number of anilines is 2. The smallest absolute Gasteiger partial charge is 0.193 e. The standard InChI is InChI=1S/C21H17N3O2/c1-26-19-14-22-13-17-18(25)12-20(23-15-8-4-2-5-9-15)24(21(17)19)16-10-6-3-7-11-16/h2-14,23H,1H3. The molecule has 0 amide bonds. The van der Waals surface area contributed by atoms with Crippen molar-refractivity contribution in [2.75, 3.05) is 12.4 Å². The molecule has 4 rings (SSSR count). The van der Waals surface area contributed by atoms with Crippen molar-refractivity contribution >= 4 is 22.4 Å². The van der Waals surface area contributed by atoms with E-state index in [4.69, 9.17) is 4.74 Å². The van der Waals surface area contributed by atoms with Gasteiger partial charge in [-0.15, -0.1) is 0 Å². The molecule has 0 saturated carbocycles. The Morgan fingerprint density at radius 2 is 1.65 bits per heavy atom. The maximum absolute atomic E-state index is 12.7. The van der Waals surface area contributed by atoms with Crippen LogP contribution in [0, 0.1) is 0 Å².